The molecule has 0 aliphatic carbocycles. The zero-order chi connectivity index (χ0) is 14.4. The summed E-state index contributed by atoms with van der Waals surface area (Å²) in [5, 5.41) is 4.05. The van der Waals surface area contributed by atoms with Crippen molar-refractivity contribution < 1.29 is 22.0 Å². The van der Waals surface area contributed by atoms with Crippen LogP contribution < -0.4 is 0 Å². The number of halogens is 5. The summed E-state index contributed by atoms with van der Waals surface area (Å²) in [5.74, 6) is -4.54. The third-order valence-corrected chi connectivity index (χ3v) is 3.68. The Kier molecular flexibility index (Phi) is 6.23. The zero-order valence-corrected chi connectivity index (χ0v) is 11.3. The van der Waals surface area contributed by atoms with Gasteiger partial charge < -0.3 is 0 Å². The first-order valence-electron chi connectivity index (χ1n) is 6.28. The SMILES string of the molecule is FC(F)(F)C(F)(F)CCCCCCCc1ccsc1. The van der Waals surface area contributed by atoms with Crippen molar-refractivity contribution in [2.75, 3.05) is 0 Å². The van der Waals surface area contributed by atoms with Crippen molar-refractivity contribution in [1.29, 1.82) is 0 Å². The third kappa shape index (κ3) is 5.89. The summed E-state index contributed by atoms with van der Waals surface area (Å²) in [7, 11) is 0. The Labute approximate surface area is 113 Å². The molecule has 0 bridgehead atoms. The second-order valence-electron chi connectivity index (χ2n) is 4.60. The fourth-order valence-corrected chi connectivity index (χ4v) is 2.49. The van der Waals surface area contributed by atoms with Gasteiger partial charge in [0, 0.05) is 6.42 Å². The molecule has 0 spiro atoms. The first kappa shape index (κ1) is 16.4. The number of alkyl halides is 5. The molecule has 0 saturated heterocycles. The highest BCUT2D eigenvalue weighted by atomic mass is 32.1. The number of thiophene rings is 1. The maximum Gasteiger partial charge on any atom is 0.453 e. The molecule has 1 aromatic rings. The Bertz CT molecular complexity index is 342. The fourth-order valence-electron chi connectivity index (χ4n) is 1.78. The Balaban J connectivity index is 2.02. The van der Waals surface area contributed by atoms with Gasteiger partial charge in [-0.2, -0.15) is 33.3 Å². The maximum absolute atomic E-state index is 12.6. The summed E-state index contributed by atoms with van der Waals surface area (Å²) in [6.45, 7) is 0. The molecule has 0 radical (unpaired) electrons. The minimum atomic E-state index is -5.41. The molecule has 110 valence electrons. The standard InChI is InChI=1S/C13H17F5S/c14-12(15,13(16,17)18)8-5-3-1-2-4-6-11-7-9-19-10-11/h7,9-10H,1-6,8H2. The second kappa shape index (κ2) is 7.22. The van der Waals surface area contributed by atoms with Crippen LogP contribution in [0.15, 0.2) is 16.8 Å². The Morgan fingerprint density at radius 2 is 1.53 bits per heavy atom. The van der Waals surface area contributed by atoms with Crippen LogP contribution in [0.5, 0.6) is 0 Å². The van der Waals surface area contributed by atoms with E-state index in [2.05, 4.69) is 5.38 Å². The molecule has 0 aliphatic heterocycles. The van der Waals surface area contributed by atoms with Gasteiger partial charge in [-0.05, 0) is 41.7 Å². The molecule has 0 atom stereocenters. The molecule has 6 heteroatoms. The smallest absolute Gasteiger partial charge is 0.196 e. The zero-order valence-electron chi connectivity index (χ0n) is 10.5. The van der Waals surface area contributed by atoms with Gasteiger partial charge in [0.05, 0.1) is 0 Å². The van der Waals surface area contributed by atoms with E-state index < -0.39 is 18.5 Å². The van der Waals surface area contributed by atoms with E-state index in [0.717, 1.165) is 19.3 Å². The molecule has 0 aliphatic rings. The minimum absolute atomic E-state index is 0.0784. The van der Waals surface area contributed by atoms with Crippen molar-refractivity contribution in [3.05, 3.63) is 22.4 Å². The largest absolute Gasteiger partial charge is 0.453 e. The molecule has 1 aromatic heterocycles. The van der Waals surface area contributed by atoms with Gasteiger partial charge in [-0.3, -0.25) is 0 Å². The lowest BCUT2D eigenvalue weighted by atomic mass is 10.0. The normalized spacial score (nSPS) is 12.9. The number of aryl methyl sites for hydroxylation is 1. The summed E-state index contributed by atoms with van der Waals surface area (Å²) in [5.41, 5.74) is 1.26. The summed E-state index contributed by atoms with van der Waals surface area (Å²) >= 11 is 1.63. The Morgan fingerprint density at radius 3 is 2.11 bits per heavy atom. The van der Waals surface area contributed by atoms with Crippen molar-refractivity contribution in [2.24, 2.45) is 0 Å². The molecule has 0 amide bonds. The van der Waals surface area contributed by atoms with Crippen LogP contribution in [-0.4, -0.2) is 12.1 Å². The van der Waals surface area contributed by atoms with E-state index in [1.165, 1.54) is 5.56 Å². The van der Waals surface area contributed by atoms with Crippen LogP contribution in [0.25, 0.3) is 0 Å². The summed E-state index contributed by atoms with van der Waals surface area (Å²) in [4.78, 5) is 0. The second-order valence-corrected chi connectivity index (χ2v) is 5.38. The van der Waals surface area contributed by atoms with Crippen LogP contribution in [0.2, 0.25) is 0 Å². The van der Waals surface area contributed by atoms with E-state index in [9.17, 15) is 22.0 Å². The molecule has 19 heavy (non-hydrogen) atoms. The lowest BCUT2D eigenvalue weighted by Gasteiger charge is -2.19. The van der Waals surface area contributed by atoms with Crippen LogP contribution in [0.3, 0.4) is 0 Å². The van der Waals surface area contributed by atoms with E-state index in [-0.39, 0.29) is 6.42 Å². The molecule has 1 rings (SSSR count). The molecule has 0 aromatic carbocycles. The van der Waals surface area contributed by atoms with Crippen molar-refractivity contribution in [2.45, 2.75) is 57.0 Å². The van der Waals surface area contributed by atoms with Crippen LogP contribution in [0.4, 0.5) is 22.0 Å². The van der Waals surface area contributed by atoms with Gasteiger partial charge in [0.1, 0.15) is 0 Å². The predicted octanol–water partition coefficient (Wildman–Crippen LogP) is 5.83. The molecular formula is C13H17F5S. The highest BCUT2D eigenvalue weighted by Gasteiger charge is 2.56. The van der Waals surface area contributed by atoms with Gasteiger partial charge >= 0.3 is 12.1 Å². The van der Waals surface area contributed by atoms with E-state index >= 15 is 0 Å². The first-order chi connectivity index (χ1) is 8.83. The molecular weight excluding hydrogens is 283 g/mol. The summed E-state index contributed by atoms with van der Waals surface area (Å²) in [6.07, 6.45) is -2.69. The highest BCUT2D eigenvalue weighted by Crippen LogP contribution is 2.39. The monoisotopic (exact) mass is 300 g/mol. The van der Waals surface area contributed by atoms with Gasteiger partial charge in [-0.15, -0.1) is 0 Å². The third-order valence-electron chi connectivity index (χ3n) is 2.95. The fraction of sp³-hybridized carbons (Fsp3) is 0.692. The van der Waals surface area contributed by atoms with Gasteiger partial charge in [-0.25, -0.2) is 0 Å². The molecule has 0 fully saturated rings. The van der Waals surface area contributed by atoms with E-state index in [1.54, 1.807) is 11.3 Å². The summed E-state index contributed by atoms with van der Waals surface area (Å²) < 4.78 is 60.8. The predicted molar refractivity (Wildman–Crippen MR) is 66.7 cm³/mol. The Hall–Kier alpha value is -0.650. The average Bonchev–Trinajstić information content (AvgIpc) is 2.79. The Morgan fingerprint density at radius 1 is 0.895 bits per heavy atom. The van der Waals surface area contributed by atoms with Gasteiger partial charge in [-0.1, -0.05) is 19.3 Å². The van der Waals surface area contributed by atoms with E-state index in [4.69, 9.17) is 0 Å². The molecule has 0 saturated carbocycles. The van der Waals surface area contributed by atoms with Crippen LogP contribution in [0.1, 0.15) is 44.1 Å². The quantitative estimate of drug-likeness (QED) is 0.418. The van der Waals surface area contributed by atoms with Crippen molar-refractivity contribution in [3.8, 4) is 0 Å². The van der Waals surface area contributed by atoms with E-state index in [0.29, 0.717) is 12.8 Å². The average molecular weight is 300 g/mol. The van der Waals surface area contributed by atoms with E-state index in [1.807, 2.05) is 11.4 Å². The highest BCUT2D eigenvalue weighted by molar-refractivity contribution is 7.07. The molecule has 1 heterocycles. The van der Waals surface area contributed by atoms with Crippen LogP contribution in [0, 0.1) is 0 Å². The molecule has 0 nitrogen and oxygen atoms in total. The van der Waals surface area contributed by atoms with Crippen LogP contribution >= 0.6 is 11.3 Å². The molecule has 0 N–H and O–H groups in total. The first-order valence-corrected chi connectivity index (χ1v) is 7.23. The topological polar surface area (TPSA) is 0 Å². The lowest BCUT2D eigenvalue weighted by Crippen LogP contribution is -2.36. The van der Waals surface area contributed by atoms with Gasteiger partial charge in [0.2, 0.25) is 0 Å². The lowest BCUT2D eigenvalue weighted by molar-refractivity contribution is -0.284. The minimum Gasteiger partial charge on any atom is -0.196 e. The van der Waals surface area contributed by atoms with Crippen LogP contribution in [-0.2, 0) is 6.42 Å². The number of unbranched alkanes of at least 4 members (excludes halogenated alkanes) is 4. The van der Waals surface area contributed by atoms with Gasteiger partial charge in [0.25, 0.3) is 0 Å². The van der Waals surface area contributed by atoms with Crippen molar-refractivity contribution in [3.63, 3.8) is 0 Å². The number of hydrogen-bond acceptors (Lipinski definition) is 1. The van der Waals surface area contributed by atoms with Gasteiger partial charge in [0.15, 0.2) is 0 Å². The maximum atomic E-state index is 12.6. The number of rotatable bonds is 8. The molecule has 0 unspecified atom stereocenters. The summed E-state index contributed by atoms with van der Waals surface area (Å²) in [6, 6.07) is 2.04. The number of hydrogen-bond donors (Lipinski definition) is 0. The van der Waals surface area contributed by atoms with Crippen molar-refractivity contribution >= 4 is 11.3 Å². The van der Waals surface area contributed by atoms with Crippen molar-refractivity contribution in [1.82, 2.24) is 0 Å².